The van der Waals surface area contributed by atoms with Gasteiger partial charge in [0.2, 0.25) is 0 Å². The number of ether oxygens (including phenoxy) is 2. The van der Waals surface area contributed by atoms with Crippen LogP contribution in [0, 0.1) is 0 Å². The summed E-state index contributed by atoms with van der Waals surface area (Å²) in [4.78, 5) is 6.82. The van der Waals surface area contributed by atoms with Crippen LogP contribution < -0.4 is 10.6 Å². The number of hydrogen-bond acceptors (Lipinski definition) is 4. The Kier molecular flexibility index (Phi) is 11.1. The molecular weight excluding hydrogens is 467 g/mol. The van der Waals surface area contributed by atoms with Gasteiger partial charge in [-0.05, 0) is 49.9 Å². The predicted molar refractivity (Wildman–Crippen MR) is 124 cm³/mol. The maximum absolute atomic E-state index is 5.78. The topological polar surface area (TPSA) is 58.1 Å². The molecule has 1 aromatic carbocycles. The molecule has 0 aromatic heterocycles. The molecule has 28 heavy (non-hydrogen) atoms. The monoisotopic (exact) mass is 502 g/mol. The standard InChI is InChI=1S/C21H34N4O2.HI/c1-22-21(23-10-4-13-27-20-9-14-26-17-20)24-15-18-5-7-19(8-6-18)16-25-11-2-3-12-25;/h5-8,20H,2-4,9-17H2,1H3,(H2,22,23,24);1H. The van der Waals surface area contributed by atoms with E-state index in [9.17, 15) is 0 Å². The minimum atomic E-state index is 0. The first-order valence-corrected chi connectivity index (χ1v) is 10.3. The molecule has 158 valence electrons. The van der Waals surface area contributed by atoms with Crippen LogP contribution in [0.4, 0.5) is 0 Å². The molecule has 2 saturated heterocycles. The van der Waals surface area contributed by atoms with E-state index in [1.165, 1.54) is 37.1 Å². The van der Waals surface area contributed by atoms with E-state index in [-0.39, 0.29) is 30.1 Å². The van der Waals surface area contributed by atoms with Crippen molar-refractivity contribution in [2.24, 2.45) is 4.99 Å². The molecule has 0 bridgehead atoms. The van der Waals surface area contributed by atoms with Gasteiger partial charge < -0.3 is 20.1 Å². The van der Waals surface area contributed by atoms with Crippen molar-refractivity contribution in [3.63, 3.8) is 0 Å². The molecular formula is C21H35IN4O2. The van der Waals surface area contributed by atoms with Gasteiger partial charge in [-0.2, -0.15) is 0 Å². The number of halogens is 1. The van der Waals surface area contributed by atoms with E-state index in [0.717, 1.165) is 58.3 Å². The second-order valence-corrected chi connectivity index (χ2v) is 7.36. The highest BCUT2D eigenvalue weighted by Gasteiger charge is 2.15. The Bertz CT molecular complexity index is 570. The van der Waals surface area contributed by atoms with Gasteiger partial charge in [-0.25, -0.2) is 0 Å². The van der Waals surface area contributed by atoms with E-state index in [1.807, 2.05) is 0 Å². The van der Waals surface area contributed by atoms with Gasteiger partial charge in [-0.1, -0.05) is 24.3 Å². The Morgan fingerprint density at radius 1 is 1.18 bits per heavy atom. The number of guanidine groups is 1. The second-order valence-electron chi connectivity index (χ2n) is 7.36. The second kappa shape index (κ2) is 13.3. The molecule has 1 aromatic rings. The SMILES string of the molecule is CN=C(NCCCOC1CCOC1)NCc1ccc(CN2CCCC2)cc1.I. The molecule has 2 fully saturated rings. The molecule has 0 spiro atoms. The molecule has 0 aliphatic carbocycles. The third kappa shape index (κ3) is 8.23. The smallest absolute Gasteiger partial charge is 0.191 e. The highest BCUT2D eigenvalue weighted by molar-refractivity contribution is 14.0. The highest BCUT2D eigenvalue weighted by atomic mass is 127. The molecule has 2 aliphatic rings. The van der Waals surface area contributed by atoms with E-state index >= 15 is 0 Å². The van der Waals surface area contributed by atoms with Crippen molar-refractivity contribution in [2.45, 2.75) is 44.9 Å². The van der Waals surface area contributed by atoms with Crippen molar-refractivity contribution >= 4 is 29.9 Å². The summed E-state index contributed by atoms with van der Waals surface area (Å²) < 4.78 is 11.1. The average Bonchev–Trinajstić information content (AvgIpc) is 3.39. The van der Waals surface area contributed by atoms with Gasteiger partial charge in [0.15, 0.2) is 5.96 Å². The summed E-state index contributed by atoms with van der Waals surface area (Å²) in [6.07, 6.45) is 4.95. The fourth-order valence-corrected chi connectivity index (χ4v) is 3.54. The predicted octanol–water partition coefficient (Wildman–Crippen LogP) is 2.76. The first kappa shape index (κ1) is 23.4. The summed E-state index contributed by atoms with van der Waals surface area (Å²) in [6.45, 7) is 7.52. The zero-order valence-electron chi connectivity index (χ0n) is 17.0. The Labute approximate surface area is 186 Å². The van der Waals surface area contributed by atoms with Crippen molar-refractivity contribution in [1.82, 2.24) is 15.5 Å². The molecule has 7 heteroatoms. The van der Waals surface area contributed by atoms with Gasteiger partial charge in [0.1, 0.15) is 0 Å². The lowest BCUT2D eigenvalue weighted by atomic mass is 10.1. The molecule has 0 radical (unpaired) electrons. The van der Waals surface area contributed by atoms with Gasteiger partial charge in [0.25, 0.3) is 0 Å². The van der Waals surface area contributed by atoms with Crippen LogP contribution in [0.1, 0.15) is 36.8 Å². The maximum atomic E-state index is 5.78. The third-order valence-corrected chi connectivity index (χ3v) is 5.17. The zero-order valence-corrected chi connectivity index (χ0v) is 19.3. The summed E-state index contributed by atoms with van der Waals surface area (Å²) in [6, 6.07) is 8.91. The third-order valence-electron chi connectivity index (χ3n) is 5.17. The quantitative estimate of drug-likeness (QED) is 0.236. The van der Waals surface area contributed by atoms with Crippen molar-refractivity contribution in [1.29, 1.82) is 0 Å². The van der Waals surface area contributed by atoms with E-state index < -0.39 is 0 Å². The molecule has 2 N–H and O–H groups in total. The summed E-state index contributed by atoms with van der Waals surface area (Å²) in [5.41, 5.74) is 2.67. The lowest BCUT2D eigenvalue weighted by Gasteiger charge is -2.15. The Hall–Kier alpha value is -0.900. The molecule has 6 nitrogen and oxygen atoms in total. The zero-order chi connectivity index (χ0) is 18.7. The van der Waals surface area contributed by atoms with Crippen LogP contribution in [0.25, 0.3) is 0 Å². The summed E-state index contributed by atoms with van der Waals surface area (Å²) in [5.74, 6) is 0.834. The van der Waals surface area contributed by atoms with Gasteiger partial charge in [0, 0.05) is 39.9 Å². The number of nitrogens with one attached hydrogen (secondary N) is 2. The normalized spacial score (nSPS) is 20.2. The molecule has 1 unspecified atom stereocenters. The van der Waals surface area contributed by atoms with Crippen LogP contribution in [0.15, 0.2) is 29.3 Å². The van der Waals surface area contributed by atoms with Crippen LogP contribution in [0.3, 0.4) is 0 Å². The molecule has 3 rings (SSSR count). The Balaban J connectivity index is 0.00000280. The minimum Gasteiger partial charge on any atom is -0.379 e. The number of benzene rings is 1. The Morgan fingerprint density at radius 3 is 2.61 bits per heavy atom. The highest BCUT2D eigenvalue weighted by Crippen LogP contribution is 2.13. The van der Waals surface area contributed by atoms with Crippen LogP contribution in [-0.2, 0) is 22.6 Å². The lowest BCUT2D eigenvalue weighted by molar-refractivity contribution is 0.0420. The van der Waals surface area contributed by atoms with Crippen LogP contribution in [0.5, 0.6) is 0 Å². The molecule has 0 amide bonds. The number of aliphatic imine (C=N–C) groups is 1. The summed E-state index contributed by atoms with van der Waals surface area (Å²) in [5, 5.41) is 6.72. The molecule has 2 aliphatic heterocycles. The van der Waals surface area contributed by atoms with Crippen LogP contribution >= 0.6 is 24.0 Å². The van der Waals surface area contributed by atoms with Gasteiger partial charge in [-0.3, -0.25) is 9.89 Å². The minimum absolute atomic E-state index is 0. The maximum Gasteiger partial charge on any atom is 0.191 e. The fraction of sp³-hybridized carbons (Fsp3) is 0.667. The summed E-state index contributed by atoms with van der Waals surface area (Å²) >= 11 is 0. The number of rotatable bonds is 9. The first-order valence-electron chi connectivity index (χ1n) is 10.3. The average molecular weight is 502 g/mol. The van der Waals surface area contributed by atoms with Gasteiger partial charge in [0.05, 0.1) is 12.7 Å². The Morgan fingerprint density at radius 2 is 1.93 bits per heavy atom. The fourth-order valence-electron chi connectivity index (χ4n) is 3.54. The molecule has 2 heterocycles. The van der Waals surface area contributed by atoms with E-state index in [2.05, 4.69) is 44.8 Å². The van der Waals surface area contributed by atoms with Gasteiger partial charge >= 0.3 is 0 Å². The van der Waals surface area contributed by atoms with E-state index in [0.29, 0.717) is 0 Å². The van der Waals surface area contributed by atoms with Crippen LogP contribution in [0.2, 0.25) is 0 Å². The lowest BCUT2D eigenvalue weighted by Crippen LogP contribution is -2.37. The van der Waals surface area contributed by atoms with Crippen molar-refractivity contribution in [3.05, 3.63) is 35.4 Å². The van der Waals surface area contributed by atoms with Crippen molar-refractivity contribution < 1.29 is 9.47 Å². The molecule has 1 atom stereocenters. The van der Waals surface area contributed by atoms with Gasteiger partial charge in [-0.15, -0.1) is 24.0 Å². The first-order chi connectivity index (χ1) is 13.3. The van der Waals surface area contributed by atoms with Crippen LogP contribution in [-0.4, -0.2) is 63.5 Å². The number of hydrogen-bond donors (Lipinski definition) is 2. The van der Waals surface area contributed by atoms with E-state index in [1.54, 1.807) is 7.05 Å². The largest absolute Gasteiger partial charge is 0.379 e. The molecule has 0 saturated carbocycles. The van der Waals surface area contributed by atoms with Crippen molar-refractivity contribution in [3.8, 4) is 0 Å². The van der Waals surface area contributed by atoms with E-state index in [4.69, 9.17) is 9.47 Å². The number of likely N-dealkylation sites (tertiary alicyclic amines) is 1. The number of nitrogens with zero attached hydrogens (tertiary/aromatic N) is 2. The summed E-state index contributed by atoms with van der Waals surface area (Å²) in [7, 11) is 1.81. The van der Waals surface area contributed by atoms with Crippen molar-refractivity contribution in [2.75, 3.05) is 46.5 Å².